The number of hydrogen-bond acceptors (Lipinski definition) is 3. The lowest BCUT2D eigenvalue weighted by molar-refractivity contribution is -0.118. The van der Waals surface area contributed by atoms with E-state index in [0.29, 0.717) is 38.3 Å². The second-order valence-corrected chi connectivity index (χ2v) is 8.20. The summed E-state index contributed by atoms with van der Waals surface area (Å²) >= 11 is 15.4. The maximum Gasteiger partial charge on any atom is 0.262 e. The Morgan fingerprint density at radius 3 is 2.53 bits per heavy atom. The fraction of sp³-hybridized carbons (Fsp3) is 0.174. The Hall–Kier alpha value is -2.21. The molecule has 0 atom stereocenters. The van der Waals surface area contributed by atoms with Gasteiger partial charge in [-0.2, -0.15) is 0 Å². The van der Waals surface area contributed by atoms with Crippen LogP contribution in [-0.4, -0.2) is 19.1 Å². The van der Waals surface area contributed by atoms with Crippen molar-refractivity contribution in [3.63, 3.8) is 0 Å². The summed E-state index contributed by atoms with van der Waals surface area (Å²) in [7, 11) is 0. The molecule has 0 unspecified atom stereocenters. The number of hydrogen-bond donors (Lipinski definition) is 1. The predicted molar refractivity (Wildman–Crippen MR) is 125 cm³/mol. The third-order valence-corrected chi connectivity index (χ3v) is 5.24. The molecule has 3 aromatic carbocycles. The molecule has 7 heteroatoms. The fourth-order valence-electron chi connectivity index (χ4n) is 2.78. The fourth-order valence-corrected chi connectivity index (χ4v) is 4.14. The van der Waals surface area contributed by atoms with Gasteiger partial charge in [-0.15, -0.1) is 0 Å². The van der Waals surface area contributed by atoms with Crippen LogP contribution in [-0.2, 0) is 11.2 Å². The molecule has 0 aliphatic rings. The van der Waals surface area contributed by atoms with Crippen LogP contribution in [0.2, 0.25) is 10.0 Å². The Morgan fingerprint density at radius 2 is 1.77 bits per heavy atom. The van der Waals surface area contributed by atoms with Crippen LogP contribution >= 0.6 is 39.1 Å². The summed E-state index contributed by atoms with van der Waals surface area (Å²) in [4.78, 5) is 12.2. The van der Waals surface area contributed by atoms with Gasteiger partial charge in [0.25, 0.3) is 5.91 Å². The van der Waals surface area contributed by atoms with Crippen LogP contribution in [0.1, 0.15) is 12.0 Å². The molecule has 0 fully saturated rings. The van der Waals surface area contributed by atoms with Gasteiger partial charge in [0, 0.05) is 16.8 Å². The number of halogens is 3. The zero-order valence-corrected chi connectivity index (χ0v) is 19.1. The van der Waals surface area contributed by atoms with Gasteiger partial charge in [0.15, 0.2) is 12.4 Å². The maximum atomic E-state index is 12.2. The van der Waals surface area contributed by atoms with E-state index in [1.54, 1.807) is 24.3 Å². The molecule has 0 aliphatic carbocycles. The van der Waals surface area contributed by atoms with Crippen molar-refractivity contribution < 1.29 is 14.3 Å². The summed E-state index contributed by atoms with van der Waals surface area (Å²) in [5.74, 6) is 0.756. The molecular weight excluding hydrogens is 489 g/mol. The maximum absolute atomic E-state index is 12.2. The van der Waals surface area contributed by atoms with Crippen molar-refractivity contribution >= 4 is 50.7 Å². The number of rotatable bonds is 9. The number of carbonyl (C=O) groups excluding carboxylic acids is 1. The zero-order valence-electron chi connectivity index (χ0n) is 16.0. The van der Waals surface area contributed by atoms with Crippen LogP contribution < -0.4 is 14.8 Å². The van der Waals surface area contributed by atoms with Crippen molar-refractivity contribution in [3.8, 4) is 11.5 Å². The van der Waals surface area contributed by atoms with E-state index in [1.807, 2.05) is 30.3 Å². The van der Waals surface area contributed by atoms with E-state index in [1.165, 1.54) is 5.56 Å². The van der Waals surface area contributed by atoms with Gasteiger partial charge in [-0.3, -0.25) is 4.79 Å². The van der Waals surface area contributed by atoms with Crippen molar-refractivity contribution in [2.45, 2.75) is 12.8 Å². The first-order valence-corrected chi connectivity index (χ1v) is 10.9. The van der Waals surface area contributed by atoms with Gasteiger partial charge in [0.1, 0.15) is 5.75 Å². The van der Waals surface area contributed by atoms with E-state index in [9.17, 15) is 4.79 Å². The van der Waals surface area contributed by atoms with E-state index in [-0.39, 0.29) is 12.5 Å². The molecule has 0 aromatic heterocycles. The van der Waals surface area contributed by atoms with Gasteiger partial charge in [-0.05, 0) is 58.6 Å². The lowest BCUT2D eigenvalue weighted by atomic mass is 10.1. The number of amides is 1. The molecule has 0 aliphatic heterocycles. The molecule has 0 saturated heterocycles. The average Bonchev–Trinajstić information content (AvgIpc) is 2.71. The number of carbonyl (C=O) groups is 1. The summed E-state index contributed by atoms with van der Waals surface area (Å²) in [6, 6.07) is 20.8. The van der Waals surface area contributed by atoms with Gasteiger partial charge < -0.3 is 14.8 Å². The molecule has 1 amide bonds. The van der Waals surface area contributed by atoms with Crippen LogP contribution in [0.15, 0.2) is 71.2 Å². The van der Waals surface area contributed by atoms with Crippen molar-refractivity contribution in [3.05, 3.63) is 86.8 Å². The monoisotopic (exact) mass is 507 g/mol. The molecule has 0 spiro atoms. The predicted octanol–water partition coefficient (Wildman–Crippen LogP) is 6.79. The van der Waals surface area contributed by atoms with Crippen LogP contribution in [0, 0.1) is 0 Å². The molecule has 4 nitrogen and oxygen atoms in total. The second-order valence-electron chi connectivity index (χ2n) is 6.50. The van der Waals surface area contributed by atoms with Gasteiger partial charge in [-0.1, -0.05) is 59.6 Å². The summed E-state index contributed by atoms with van der Waals surface area (Å²) in [5, 5.41) is 3.59. The van der Waals surface area contributed by atoms with Crippen molar-refractivity contribution in [1.29, 1.82) is 0 Å². The number of anilines is 1. The molecule has 0 heterocycles. The van der Waals surface area contributed by atoms with E-state index < -0.39 is 0 Å². The first kappa shape index (κ1) is 22.5. The molecule has 156 valence electrons. The minimum Gasteiger partial charge on any atom is -0.494 e. The van der Waals surface area contributed by atoms with E-state index in [0.717, 1.165) is 12.8 Å². The molecular formula is C23H20BrCl2NO3. The largest absolute Gasteiger partial charge is 0.494 e. The Labute approximate surface area is 194 Å². The molecule has 0 radical (unpaired) electrons. The summed E-state index contributed by atoms with van der Waals surface area (Å²) in [6.45, 7) is 0.403. The van der Waals surface area contributed by atoms with Crippen molar-refractivity contribution in [2.24, 2.45) is 0 Å². The van der Waals surface area contributed by atoms with Gasteiger partial charge in [-0.25, -0.2) is 0 Å². The highest BCUT2D eigenvalue weighted by Gasteiger charge is 2.11. The molecule has 3 rings (SSSR count). The number of ether oxygens (including phenoxy) is 2. The van der Waals surface area contributed by atoms with Crippen LogP contribution in [0.5, 0.6) is 11.5 Å². The Bertz CT molecular complexity index is 976. The van der Waals surface area contributed by atoms with E-state index in [2.05, 4.69) is 33.4 Å². The van der Waals surface area contributed by atoms with Gasteiger partial charge in [0.05, 0.1) is 16.1 Å². The highest BCUT2D eigenvalue weighted by molar-refractivity contribution is 9.10. The lowest BCUT2D eigenvalue weighted by Gasteiger charge is -2.12. The van der Waals surface area contributed by atoms with Crippen molar-refractivity contribution in [1.82, 2.24) is 0 Å². The van der Waals surface area contributed by atoms with Crippen LogP contribution in [0.3, 0.4) is 0 Å². The second kappa shape index (κ2) is 11.3. The standard InChI is InChI=1S/C23H20BrCl2NO3/c24-20-12-17(25)13-21(26)23(20)30-15-22(28)27-18-9-4-10-19(14-18)29-11-5-8-16-6-2-1-3-7-16/h1-4,6-7,9-10,12-14H,5,8,11,15H2,(H,27,28). The first-order valence-electron chi connectivity index (χ1n) is 9.35. The quantitative estimate of drug-likeness (QED) is 0.324. The third kappa shape index (κ3) is 6.94. The zero-order chi connectivity index (χ0) is 21.3. The highest BCUT2D eigenvalue weighted by Crippen LogP contribution is 2.36. The minimum atomic E-state index is -0.311. The van der Waals surface area contributed by atoms with Gasteiger partial charge in [0.2, 0.25) is 0 Å². The molecule has 30 heavy (non-hydrogen) atoms. The number of nitrogens with one attached hydrogen (secondary N) is 1. The summed E-state index contributed by atoms with van der Waals surface area (Å²) in [6.07, 6.45) is 1.86. The molecule has 0 saturated carbocycles. The summed E-state index contributed by atoms with van der Waals surface area (Å²) < 4.78 is 11.9. The average molecular weight is 509 g/mol. The molecule has 0 bridgehead atoms. The van der Waals surface area contributed by atoms with E-state index in [4.69, 9.17) is 32.7 Å². The Balaban J connectivity index is 1.47. The van der Waals surface area contributed by atoms with E-state index >= 15 is 0 Å². The summed E-state index contributed by atoms with van der Waals surface area (Å²) in [5.41, 5.74) is 1.92. The lowest BCUT2D eigenvalue weighted by Crippen LogP contribution is -2.20. The SMILES string of the molecule is O=C(COc1c(Cl)cc(Cl)cc1Br)Nc1cccc(OCCCc2ccccc2)c1. The molecule has 1 N–H and O–H groups in total. The normalized spacial score (nSPS) is 10.5. The minimum absolute atomic E-state index is 0.192. The first-order chi connectivity index (χ1) is 14.5. The smallest absolute Gasteiger partial charge is 0.262 e. The Kier molecular flexibility index (Phi) is 8.43. The molecule has 3 aromatic rings. The Morgan fingerprint density at radius 1 is 0.967 bits per heavy atom. The van der Waals surface area contributed by atoms with Crippen LogP contribution in [0.4, 0.5) is 5.69 Å². The number of aryl methyl sites for hydroxylation is 1. The topological polar surface area (TPSA) is 47.6 Å². The number of benzene rings is 3. The van der Waals surface area contributed by atoms with Crippen molar-refractivity contribution in [2.75, 3.05) is 18.5 Å². The third-order valence-electron chi connectivity index (χ3n) is 4.15. The highest BCUT2D eigenvalue weighted by atomic mass is 79.9. The van der Waals surface area contributed by atoms with Crippen LogP contribution in [0.25, 0.3) is 0 Å². The van der Waals surface area contributed by atoms with Gasteiger partial charge >= 0.3 is 0 Å².